The van der Waals surface area contributed by atoms with E-state index in [1.54, 1.807) is 36.4 Å². The Labute approximate surface area is 257 Å². The first-order valence-corrected chi connectivity index (χ1v) is 14.5. The Morgan fingerprint density at radius 3 is 2.41 bits per heavy atom. The largest absolute Gasteiger partial charge is 0.465 e. The number of carbonyl (C=O) groups is 1. The van der Waals surface area contributed by atoms with Crippen LogP contribution in [0.3, 0.4) is 0 Å². The zero-order chi connectivity index (χ0) is 30.8. The normalized spacial score (nSPS) is 14.2. The van der Waals surface area contributed by atoms with E-state index in [1.165, 1.54) is 13.2 Å². The number of nitrogens with zero attached hydrogens (tertiary/aromatic N) is 2. The molecule has 10 heteroatoms. The number of anilines is 1. The molecular formula is C34H29ClF3N3O3. The Morgan fingerprint density at radius 1 is 0.909 bits per heavy atom. The van der Waals surface area contributed by atoms with Crippen molar-refractivity contribution in [2.75, 3.05) is 38.2 Å². The van der Waals surface area contributed by atoms with Crippen molar-refractivity contribution in [3.8, 4) is 22.6 Å². The van der Waals surface area contributed by atoms with Gasteiger partial charge in [-0.1, -0.05) is 29.8 Å². The summed E-state index contributed by atoms with van der Waals surface area (Å²) in [5.74, 6) is 0.494. The molecule has 1 fully saturated rings. The maximum absolute atomic E-state index is 13.6. The highest BCUT2D eigenvalue weighted by Crippen LogP contribution is 2.36. The van der Waals surface area contributed by atoms with E-state index >= 15 is 0 Å². The van der Waals surface area contributed by atoms with Gasteiger partial charge in [0.2, 0.25) is 0 Å². The van der Waals surface area contributed by atoms with Crippen molar-refractivity contribution in [3.63, 3.8) is 0 Å². The van der Waals surface area contributed by atoms with Crippen LogP contribution in [0.25, 0.3) is 22.0 Å². The molecule has 0 amide bonds. The van der Waals surface area contributed by atoms with Gasteiger partial charge in [-0.15, -0.1) is 0 Å². The van der Waals surface area contributed by atoms with Crippen molar-refractivity contribution >= 4 is 34.2 Å². The number of ether oxygens (including phenoxy) is 2. The first-order chi connectivity index (χ1) is 21.2. The number of hydrogen-bond acceptors (Lipinski definition) is 5. The number of rotatable bonds is 7. The topological polar surface area (TPSA) is 57.8 Å². The summed E-state index contributed by atoms with van der Waals surface area (Å²) in [5.41, 5.74) is 3.55. The fourth-order valence-electron chi connectivity index (χ4n) is 5.49. The average molecular weight is 620 g/mol. The number of alkyl halides is 3. The lowest BCUT2D eigenvalue weighted by Crippen LogP contribution is -2.46. The van der Waals surface area contributed by atoms with Crippen molar-refractivity contribution in [2.45, 2.75) is 12.7 Å². The standard InChI is InChI=1S/C34H29ClF3N3O3/c1-43-33(42)29-10-8-27(20-32(29)44-28-9-11-31-23(18-28)12-13-39-31)41-16-14-40(15-17-41)21-24-2-5-25(34(36,37)38)19-30(24)22-3-6-26(35)7-4-22/h2-13,18-20,39H,14-17,21H2,1H3. The van der Waals surface area contributed by atoms with Crippen LogP contribution >= 0.6 is 11.6 Å². The molecule has 0 atom stereocenters. The van der Waals surface area contributed by atoms with Crippen LogP contribution in [0.5, 0.6) is 11.5 Å². The van der Waals surface area contributed by atoms with E-state index in [2.05, 4.69) is 14.8 Å². The minimum Gasteiger partial charge on any atom is -0.465 e. The number of methoxy groups -OCH3 is 1. The van der Waals surface area contributed by atoms with Gasteiger partial charge in [0.1, 0.15) is 17.1 Å². The van der Waals surface area contributed by atoms with E-state index in [0.29, 0.717) is 65.9 Å². The predicted molar refractivity (Wildman–Crippen MR) is 166 cm³/mol. The summed E-state index contributed by atoms with van der Waals surface area (Å²) < 4.78 is 51.9. The third-order valence-corrected chi connectivity index (χ3v) is 8.10. The number of nitrogens with one attached hydrogen (secondary N) is 1. The monoisotopic (exact) mass is 619 g/mol. The number of fused-ring (bicyclic) bond motifs is 1. The Balaban J connectivity index is 1.19. The number of esters is 1. The molecule has 5 aromatic rings. The van der Waals surface area contributed by atoms with Crippen LogP contribution < -0.4 is 9.64 Å². The number of piperazine rings is 1. The van der Waals surface area contributed by atoms with Crippen LogP contribution in [-0.4, -0.2) is 49.1 Å². The zero-order valence-electron chi connectivity index (χ0n) is 23.8. The van der Waals surface area contributed by atoms with E-state index in [9.17, 15) is 18.0 Å². The van der Waals surface area contributed by atoms with Crippen molar-refractivity contribution in [3.05, 3.63) is 113 Å². The summed E-state index contributed by atoms with van der Waals surface area (Å²) in [6.45, 7) is 3.26. The molecule has 0 aliphatic carbocycles. The van der Waals surface area contributed by atoms with Crippen LogP contribution in [0.1, 0.15) is 21.5 Å². The predicted octanol–water partition coefficient (Wildman–Crippen LogP) is 8.41. The summed E-state index contributed by atoms with van der Waals surface area (Å²) in [5, 5.41) is 1.51. The van der Waals surface area contributed by atoms with Gasteiger partial charge in [0.05, 0.1) is 12.7 Å². The van der Waals surface area contributed by atoms with Gasteiger partial charge < -0.3 is 19.4 Å². The third kappa shape index (κ3) is 6.39. The average Bonchev–Trinajstić information content (AvgIpc) is 3.49. The number of halogens is 4. The van der Waals surface area contributed by atoms with Gasteiger partial charge in [0.25, 0.3) is 0 Å². The van der Waals surface area contributed by atoms with Crippen molar-refractivity contribution in [1.82, 2.24) is 9.88 Å². The second kappa shape index (κ2) is 12.3. The second-order valence-corrected chi connectivity index (χ2v) is 11.1. The molecule has 6 rings (SSSR count). The van der Waals surface area contributed by atoms with E-state index in [0.717, 1.165) is 28.2 Å². The third-order valence-electron chi connectivity index (χ3n) is 7.85. The maximum Gasteiger partial charge on any atom is 0.416 e. The molecule has 0 bridgehead atoms. The van der Waals surface area contributed by atoms with Crippen LogP contribution in [0.4, 0.5) is 18.9 Å². The van der Waals surface area contributed by atoms with Gasteiger partial charge >= 0.3 is 12.1 Å². The van der Waals surface area contributed by atoms with E-state index in [-0.39, 0.29) is 0 Å². The van der Waals surface area contributed by atoms with Crippen LogP contribution in [0.15, 0.2) is 91.1 Å². The second-order valence-electron chi connectivity index (χ2n) is 10.6. The molecule has 1 aliphatic heterocycles. The highest BCUT2D eigenvalue weighted by Gasteiger charge is 2.31. The molecule has 0 spiro atoms. The van der Waals surface area contributed by atoms with Gasteiger partial charge in [0.15, 0.2) is 0 Å². The van der Waals surface area contributed by atoms with Crippen molar-refractivity contribution in [2.24, 2.45) is 0 Å². The number of aromatic nitrogens is 1. The quantitative estimate of drug-likeness (QED) is 0.185. The number of benzene rings is 4. The number of hydrogen-bond donors (Lipinski definition) is 1. The Kier molecular flexibility index (Phi) is 8.25. The fraction of sp³-hybridized carbons (Fsp3) is 0.206. The fourth-order valence-corrected chi connectivity index (χ4v) is 5.61. The Hall–Kier alpha value is -4.47. The lowest BCUT2D eigenvalue weighted by atomic mass is 9.96. The molecule has 1 aliphatic rings. The Bertz CT molecular complexity index is 1800. The summed E-state index contributed by atoms with van der Waals surface area (Å²) in [6.07, 6.45) is -2.59. The maximum atomic E-state index is 13.6. The summed E-state index contributed by atoms with van der Waals surface area (Å²) in [6, 6.07) is 23.8. The molecule has 4 aromatic carbocycles. The first kappa shape index (κ1) is 29.6. The number of carbonyl (C=O) groups excluding carboxylic acids is 1. The van der Waals surface area contributed by atoms with Crippen molar-refractivity contribution < 1.29 is 27.4 Å². The smallest absolute Gasteiger partial charge is 0.416 e. The minimum atomic E-state index is -4.44. The molecule has 2 heterocycles. The van der Waals surface area contributed by atoms with Gasteiger partial charge in [-0.2, -0.15) is 13.2 Å². The summed E-state index contributed by atoms with van der Waals surface area (Å²) in [7, 11) is 1.33. The molecule has 226 valence electrons. The molecule has 0 radical (unpaired) electrons. The molecule has 6 nitrogen and oxygen atoms in total. The molecule has 1 N–H and O–H groups in total. The highest BCUT2D eigenvalue weighted by molar-refractivity contribution is 6.30. The van der Waals surface area contributed by atoms with E-state index in [1.807, 2.05) is 42.6 Å². The summed E-state index contributed by atoms with van der Waals surface area (Å²) in [4.78, 5) is 20.1. The van der Waals surface area contributed by atoms with E-state index in [4.69, 9.17) is 21.1 Å². The molecule has 1 saturated heterocycles. The van der Waals surface area contributed by atoms with Gasteiger partial charge in [-0.05, 0) is 77.4 Å². The molecule has 44 heavy (non-hydrogen) atoms. The zero-order valence-corrected chi connectivity index (χ0v) is 24.6. The Morgan fingerprint density at radius 2 is 1.68 bits per heavy atom. The van der Waals surface area contributed by atoms with Gasteiger partial charge in [-0.25, -0.2) is 4.79 Å². The lowest BCUT2D eigenvalue weighted by Gasteiger charge is -2.36. The van der Waals surface area contributed by atoms with Gasteiger partial charge in [0, 0.05) is 66.6 Å². The SMILES string of the molecule is COC(=O)c1ccc(N2CCN(Cc3ccc(C(F)(F)F)cc3-c3ccc(Cl)cc3)CC2)cc1Oc1ccc2[nH]ccc2c1. The first-order valence-electron chi connectivity index (χ1n) is 14.1. The van der Waals surface area contributed by atoms with Crippen LogP contribution in [0.2, 0.25) is 5.02 Å². The minimum absolute atomic E-state index is 0.320. The van der Waals surface area contributed by atoms with E-state index < -0.39 is 17.7 Å². The summed E-state index contributed by atoms with van der Waals surface area (Å²) >= 11 is 6.04. The van der Waals surface area contributed by atoms with Crippen molar-refractivity contribution in [1.29, 1.82) is 0 Å². The van der Waals surface area contributed by atoms with Crippen LogP contribution in [0, 0.1) is 0 Å². The number of H-pyrrole nitrogens is 1. The number of aromatic amines is 1. The molecule has 0 saturated carbocycles. The highest BCUT2D eigenvalue weighted by atomic mass is 35.5. The molecule has 1 aromatic heterocycles. The van der Waals surface area contributed by atoms with Gasteiger partial charge in [-0.3, -0.25) is 4.90 Å². The lowest BCUT2D eigenvalue weighted by molar-refractivity contribution is -0.137. The molecule has 0 unspecified atom stereocenters. The molecular weight excluding hydrogens is 591 g/mol. The van der Waals surface area contributed by atoms with Crippen LogP contribution in [-0.2, 0) is 17.5 Å².